The van der Waals surface area contributed by atoms with Crippen molar-refractivity contribution >= 4 is 56.2 Å². The van der Waals surface area contributed by atoms with Gasteiger partial charge in [-0.15, -0.1) is 0 Å². The minimum atomic E-state index is -1.08. The van der Waals surface area contributed by atoms with Crippen LogP contribution in [0.4, 0.5) is 5.69 Å². The first-order valence-corrected chi connectivity index (χ1v) is 13.7. The predicted molar refractivity (Wildman–Crippen MR) is 167 cm³/mol. The lowest BCUT2D eigenvalue weighted by molar-refractivity contribution is -0.302. The summed E-state index contributed by atoms with van der Waals surface area (Å²) < 4.78 is 3.69. The van der Waals surface area contributed by atoms with Crippen LogP contribution in [-0.2, 0) is 22.7 Å². The molecule has 0 atom stereocenters. The number of amides is 1. The van der Waals surface area contributed by atoms with E-state index in [9.17, 15) is 4.79 Å². The molecule has 11 heteroatoms. The number of carbonyl (C=O) groups is 3. The number of hydrogen-bond acceptors (Lipinski definition) is 5. The fraction of sp³-hybridized carbons (Fsp3) is 0.226. The van der Waals surface area contributed by atoms with Gasteiger partial charge in [-0.1, -0.05) is 52.3 Å². The Bertz CT molecular complexity index is 1550. The first kappa shape index (κ1) is 33.7. The van der Waals surface area contributed by atoms with Gasteiger partial charge in [0, 0.05) is 41.4 Å². The molecule has 1 aromatic heterocycles. The summed E-state index contributed by atoms with van der Waals surface area (Å²) in [5, 5.41) is 28.1. The summed E-state index contributed by atoms with van der Waals surface area (Å²) in [4.78, 5) is 31.2. The zero-order chi connectivity index (χ0) is 31.6. The average Bonchev–Trinajstić information content (AvgIpc) is 3.26. The summed E-state index contributed by atoms with van der Waals surface area (Å²) in [6.07, 6.45) is 0. The molecule has 3 aromatic carbocycles. The summed E-state index contributed by atoms with van der Waals surface area (Å²) >= 11 is 3.62. The molecule has 4 rings (SSSR count). The first-order valence-electron chi connectivity index (χ1n) is 12.9. The Morgan fingerprint density at radius 1 is 0.976 bits per heavy atom. The van der Waals surface area contributed by atoms with Gasteiger partial charge < -0.3 is 30.6 Å². The van der Waals surface area contributed by atoms with Crippen LogP contribution in [-0.4, -0.2) is 54.5 Å². The number of halogens is 1. The maximum atomic E-state index is 13.3. The summed E-state index contributed by atoms with van der Waals surface area (Å²) in [7, 11) is 6.37. The lowest BCUT2D eigenvalue weighted by Crippen LogP contribution is -2.34. The molecule has 1 heterocycles. The number of nitrogens with two attached hydrogens (primary N) is 1. The van der Waals surface area contributed by atoms with Crippen LogP contribution in [0.5, 0.6) is 0 Å². The van der Waals surface area contributed by atoms with Gasteiger partial charge >= 0.3 is 0 Å². The highest BCUT2D eigenvalue weighted by molar-refractivity contribution is 9.10. The minimum absolute atomic E-state index is 0.0243. The van der Waals surface area contributed by atoms with Crippen molar-refractivity contribution in [3.63, 3.8) is 0 Å². The zero-order valence-corrected chi connectivity index (χ0v) is 25.9. The van der Waals surface area contributed by atoms with Gasteiger partial charge in [0.25, 0.3) is 11.9 Å². The quantitative estimate of drug-likeness (QED) is 0.137. The smallest absolute Gasteiger partial charge is 0.300 e. The first-order chi connectivity index (χ1) is 19.6. The number of benzene rings is 3. The number of carbonyl (C=O) groups excluding carboxylic acids is 2. The van der Waals surface area contributed by atoms with Crippen molar-refractivity contribution in [3.8, 4) is 0 Å². The summed E-state index contributed by atoms with van der Waals surface area (Å²) in [6.45, 7) is 2.99. The van der Waals surface area contributed by atoms with Crippen molar-refractivity contribution in [1.82, 2.24) is 14.4 Å². The van der Waals surface area contributed by atoms with Crippen LogP contribution in [0.2, 0.25) is 0 Å². The van der Waals surface area contributed by atoms with E-state index in [4.69, 9.17) is 30.9 Å². The standard InChI is InChI=1S/C27H28BrN5O.2C2H4O2/c1-33(2,3)21-12-10-18(11-13-21)16-31-27(34)25-15-22-23(28)8-5-9-24(22)32(25)17-19-6-4-7-20(14-19)26(29)30;2*1-2(3)4/h4-15H,16-17H2,1-3H3,(H3-,29,30,31,34);2*1H3,(H,3,4). The molecular formula is C31H36BrN5O5. The van der Waals surface area contributed by atoms with E-state index in [1.54, 1.807) is 0 Å². The molecule has 10 nitrogen and oxygen atoms in total. The number of hydrogen-bond donors (Lipinski definition) is 4. The van der Waals surface area contributed by atoms with E-state index in [-0.39, 0.29) is 11.7 Å². The van der Waals surface area contributed by atoms with E-state index in [2.05, 4.69) is 66.7 Å². The van der Waals surface area contributed by atoms with E-state index in [0.29, 0.717) is 24.3 Å². The Balaban J connectivity index is 0.000000686. The molecule has 0 fully saturated rings. The highest BCUT2D eigenvalue weighted by Gasteiger charge is 2.18. The van der Waals surface area contributed by atoms with Crippen molar-refractivity contribution in [3.05, 3.63) is 99.7 Å². The van der Waals surface area contributed by atoms with Crippen LogP contribution < -0.4 is 20.6 Å². The Morgan fingerprint density at radius 2 is 1.55 bits per heavy atom. The molecule has 1 amide bonds. The number of nitrogen functional groups attached to an aromatic ring is 1. The summed E-state index contributed by atoms with van der Waals surface area (Å²) in [6, 6.07) is 23.7. The summed E-state index contributed by atoms with van der Waals surface area (Å²) in [5.74, 6) is -2.03. The van der Waals surface area contributed by atoms with Crippen molar-refractivity contribution in [2.75, 3.05) is 21.1 Å². The third-order valence-electron chi connectivity index (χ3n) is 5.87. The molecule has 0 spiro atoms. The second-order valence-electron chi connectivity index (χ2n) is 10.3. The van der Waals surface area contributed by atoms with Crippen LogP contribution in [0.15, 0.2) is 77.3 Å². The number of carboxylic acid groups (broad SMARTS) is 2. The van der Waals surface area contributed by atoms with Gasteiger partial charge in [0.15, 0.2) is 0 Å². The molecule has 0 saturated heterocycles. The number of nitrogens with one attached hydrogen (secondary N) is 2. The maximum absolute atomic E-state index is 13.3. The Kier molecular flexibility index (Phi) is 12.0. The third kappa shape index (κ3) is 10.2. The van der Waals surface area contributed by atoms with E-state index in [0.717, 1.165) is 44.8 Å². The van der Waals surface area contributed by atoms with Crippen molar-refractivity contribution in [2.24, 2.45) is 5.73 Å². The molecule has 0 radical (unpaired) electrons. The van der Waals surface area contributed by atoms with Crippen LogP contribution in [0.25, 0.3) is 10.9 Å². The zero-order valence-electron chi connectivity index (χ0n) is 24.3. The van der Waals surface area contributed by atoms with Crippen LogP contribution in [0.1, 0.15) is 41.0 Å². The molecule has 0 bridgehead atoms. The lowest BCUT2D eigenvalue weighted by Gasteiger charge is -2.23. The normalized spacial score (nSPS) is 10.5. The fourth-order valence-electron chi connectivity index (χ4n) is 3.96. The molecule has 0 saturated carbocycles. The largest absolute Gasteiger partial charge is 0.550 e. The highest BCUT2D eigenvalue weighted by Crippen LogP contribution is 2.28. The number of rotatable bonds is 7. The van der Waals surface area contributed by atoms with Gasteiger partial charge in [-0.3, -0.25) is 19.5 Å². The lowest BCUT2D eigenvalue weighted by atomic mass is 10.1. The van der Waals surface area contributed by atoms with Gasteiger partial charge in [-0.2, -0.15) is 0 Å². The molecular weight excluding hydrogens is 602 g/mol. The van der Waals surface area contributed by atoms with E-state index in [1.807, 2.05) is 53.1 Å². The van der Waals surface area contributed by atoms with Crippen LogP contribution in [0, 0.1) is 5.41 Å². The monoisotopic (exact) mass is 637 g/mol. The topological polar surface area (TPSA) is 161 Å². The maximum Gasteiger partial charge on any atom is 0.300 e. The number of carboxylic acids is 2. The van der Waals surface area contributed by atoms with Crippen LogP contribution in [0.3, 0.4) is 0 Å². The summed E-state index contributed by atoms with van der Waals surface area (Å²) in [5.41, 5.74) is 11.1. The number of nitrogens with zero attached hydrogens (tertiary/aromatic N) is 2. The minimum Gasteiger partial charge on any atom is -0.550 e. The third-order valence-corrected chi connectivity index (χ3v) is 6.56. The van der Waals surface area contributed by atoms with Gasteiger partial charge in [0.05, 0.1) is 26.7 Å². The number of aromatic nitrogens is 1. The van der Waals surface area contributed by atoms with Gasteiger partial charge in [0.2, 0.25) is 0 Å². The molecule has 0 aliphatic rings. The van der Waals surface area contributed by atoms with Crippen LogP contribution >= 0.6 is 15.9 Å². The molecule has 42 heavy (non-hydrogen) atoms. The number of quaternary nitrogens is 1. The second-order valence-corrected chi connectivity index (χ2v) is 11.1. The SMILES string of the molecule is CC(=O)O.CC(=O)[O-].C[N+](C)(C)c1ccc(CNC(=O)c2cc3c(Br)cccc3n2Cc2cccc(C(=N)N)c2)cc1. The van der Waals surface area contributed by atoms with Crippen molar-refractivity contribution < 1.29 is 24.6 Å². The fourth-order valence-corrected chi connectivity index (χ4v) is 4.43. The number of fused-ring (bicyclic) bond motifs is 1. The highest BCUT2D eigenvalue weighted by atomic mass is 79.9. The second kappa shape index (κ2) is 14.9. The van der Waals surface area contributed by atoms with E-state index in [1.165, 1.54) is 5.69 Å². The molecule has 0 aliphatic heterocycles. The predicted octanol–water partition coefficient (Wildman–Crippen LogP) is 3.71. The Morgan fingerprint density at radius 3 is 2.10 bits per heavy atom. The van der Waals surface area contributed by atoms with Gasteiger partial charge in [0.1, 0.15) is 17.2 Å². The van der Waals surface area contributed by atoms with Crippen molar-refractivity contribution in [1.29, 1.82) is 5.41 Å². The number of amidine groups is 1. The van der Waals surface area contributed by atoms with Gasteiger partial charge in [-0.05, 0) is 54.4 Å². The molecule has 0 unspecified atom stereocenters. The van der Waals surface area contributed by atoms with Crippen molar-refractivity contribution in [2.45, 2.75) is 26.9 Å². The van der Waals surface area contributed by atoms with E-state index < -0.39 is 11.9 Å². The molecule has 222 valence electrons. The number of aliphatic carboxylic acids is 2. The molecule has 0 aliphatic carbocycles. The Labute approximate surface area is 253 Å². The Hall–Kier alpha value is -4.48. The van der Waals surface area contributed by atoms with E-state index >= 15 is 0 Å². The molecule has 4 aromatic rings. The molecule has 5 N–H and O–H groups in total. The average molecular weight is 639 g/mol. The van der Waals surface area contributed by atoms with Gasteiger partial charge in [-0.25, -0.2) is 0 Å².